The van der Waals surface area contributed by atoms with Gasteiger partial charge >= 0.3 is 0 Å². The first-order chi connectivity index (χ1) is 9.15. The summed E-state index contributed by atoms with van der Waals surface area (Å²) in [5.41, 5.74) is 7.28. The van der Waals surface area contributed by atoms with E-state index in [1.807, 2.05) is 11.9 Å². The third-order valence-electron chi connectivity index (χ3n) is 2.91. The van der Waals surface area contributed by atoms with Crippen molar-refractivity contribution >= 4 is 23.0 Å². The molecule has 0 bridgehead atoms. The van der Waals surface area contributed by atoms with Gasteiger partial charge in [0.15, 0.2) is 11.5 Å². The minimum absolute atomic E-state index is 0.274. The lowest BCUT2D eigenvalue weighted by atomic mass is 10.3. The number of fused-ring (bicyclic) bond motifs is 1. The van der Waals surface area contributed by atoms with Crippen LogP contribution in [0.1, 0.15) is 0 Å². The molecular weight excluding hydrogens is 245 g/mol. The topological polar surface area (TPSA) is 59.5 Å². The molecule has 0 aliphatic carbocycles. The fraction of sp³-hybridized carbons (Fsp3) is 0.0769. The number of rotatable bonds is 2. The van der Waals surface area contributed by atoms with Gasteiger partial charge in [-0.05, 0) is 24.3 Å². The molecule has 0 unspecified atom stereocenters. The maximum Gasteiger partial charge on any atom is 0.180 e. The van der Waals surface area contributed by atoms with Gasteiger partial charge in [-0.3, -0.25) is 0 Å². The standard InChI is InChI=1S/C13H12FN5/c1-18(10-4-2-9(14)3-5-10)13-12-16-6-7-19(12)8-11(15)17-13/h2-8H,15H2,1H3. The molecule has 2 N–H and O–H groups in total. The van der Waals surface area contributed by atoms with Gasteiger partial charge in [-0.1, -0.05) is 0 Å². The summed E-state index contributed by atoms with van der Waals surface area (Å²) >= 11 is 0. The van der Waals surface area contributed by atoms with Crippen LogP contribution in [0.5, 0.6) is 0 Å². The summed E-state index contributed by atoms with van der Waals surface area (Å²) in [4.78, 5) is 10.4. The predicted molar refractivity (Wildman–Crippen MR) is 71.9 cm³/mol. The molecule has 96 valence electrons. The van der Waals surface area contributed by atoms with E-state index in [4.69, 9.17) is 5.73 Å². The molecule has 0 fully saturated rings. The van der Waals surface area contributed by atoms with Gasteiger partial charge in [-0.2, -0.15) is 0 Å². The Bertz CT molecular complexity index is 719. The maximum absolute atomic E-state index is 12.9. The van der Waals surface area contributed by atoms with Crippen LogP contribution in [0.4, 0.5) is 21.7 Å². The number of nitrogens with two attached hydrogens (primary N) is 1. The van der Waals surface area contributed by atoms with Crippen LogP contribution in [-0.2, 0) is 0 Å². The quantitative estimate of drug-likeness (QED) is 0.764. The Morgan fingerprint density at radius 2 is 2.00 bits per heavy atom. The Balaban J connectivity index is 2.12. The number of nitrogens with zero attached hydrogens (tertiary/aromatic N) is 4. The average molecular weight is 257 g/mol. The zero-order valence-corrected chi connectivity index (χ0v) is 10.3. The van der Waals surface area contributed by atoms with Crippen LogP contribution < -0.4 is 10.6 Å². The van der Waals surface area contributed by atoms with Crippen molar-refractivity contribution in [3.63, 3.8) is 0 Å². The van der Waals surface area contributed by atoms with E-state index < -0.39 is 0 Å². The molecule has 0 atom stereocenters. The molecule has 3 rings (SSSR count). The molecule has 0 radical (unpaired) electrons. The van der Waals surface area contributed by atoms with E-state index in [0.717, 1.165) is 5.69 Å². The zero-order valence-electron chi connectivity index (χ0n) is 10.3. The number of imidazole rings is 1. The van der Waals surface area contributed by atoms with Crippen molar-refractivity contribution in [2.24, 2.45) is 0 Å². The number of nitrogen functional groups attached to an aromatic ring is 1. The Hall–Kier alpha value is -2.63. The predicted octanol–water partition coefficient (Wildman–Crippen LogP) is 2.22. The van der Waals surface area contributed by atoms with E-state index in [2.05, 4.69) is 9.97 Å². The Morgan fingerprint density at radius 1 is 1.26 bits per heavy atom. The van der Waals surface area contributed by atoms with Crippen LogP contribution in [-0.4, -0.2) is 21.4 Å². The SMILES string of the molecule is CN(c1ccc(F)cc1)c1nc(N)cn2ccnc12. The lowest BCUT2D eigenvalue weighted by Crippen LogP contribution is -2.14. The van der Waals surface area contributed by atoms with Crippen LogP contribution >= 0.6 is 0 Å². The normalized spacial score (nSPS) is 10.8. The number of aromatic nitrogens is 3. The summed E-state index contributed by atoms with van der Waals surface area (Å²) in [5, 5.41) is 0. The van der Waals surface area contributed by atoms with Gasteiger partial charge < -0.3 is 15.0 Å². The second-order valence-electron chi connectivity index (χ2n) is 4.18. The fourth-order valence-corrected chi connectivity index (χ4v) is 1.95. The molecule has 2 aromatic heterocycles. The van der Waals surface area contributed by atoms with Crippen molar-refractivity contribution in [1.29, 1.82) is 0 Å². The van der Waals surface area contributed by atoms with Crippen LogP contribution in [0, 0.1) is 5.82 Å². The van der Waals surface area contributed by atoms with E-state index in [1.165, 1.54) is 12.1 Å². The van der Waals surface area contributed by atoms with E-state index in [9.17, 15) is 4.39 Å². The van der Waals surface area contributed by atoms with E-state index in [-0.39, 0.29) is 5.82 Å². The zero-order chi connectivity index (χ0) is 13.4. The van der Waals surface area contributed by atoms with Crippen LogP contribution in [0.15, 0.2) is 42.9 Å². The molecule has 0 aliphatic heterocycles. The van der Waals surface area contributed by atoms with E-state index in [0.29, 0.717) is 17.3 Å². The molecule has 5 nitrogen and oxygen atoms in total. The summed E-state index contributed by atoms with van der Waals surface area (Å²) in [6.07, 6.45) is 5.18. The maximum atomic E-state index is 12.9. The number of benzene rings is 1. The van der Waals surface area contributed by atoms with Gasteiger partial charge in [0.1, 0.15) is 11.6 Å². The second kappa shape index (κ2) is 4.24. The summed E-state index contributed by atoms with van der Waals surface area (Å²) in [6, 6.07) is 6.17. The van der Waals surface area contributed by atoms with Crippen molar-refractivity contribution in [2.45, 2.75) is 0 Å². The lowest BCUT2D eigenvalue weighted by Gasteiger charge is -2.19. The highest BCUT2D eigenvalue weighted by Gasteiger charge is 2.12. The summed E-state index contributed by atoms with van der Waals surface area (Å²) in [6.45, 7) is 0. The smallest absolute Gasteiger partial charge is 0.180 e. The highest BCUT2D eigenvalue weighted by molar-refractivity contribution is 5.73. The largest absolute Gasteiger partial charge is 0.382 e. The first-order valence-electron chi connectivity index (χ1n) is 5.73. The number of hydrogen-bond donors (Lipinski definition) is 1. The summed E-state index contributed by atoms with van der Waals surface area (Å²) < 4.78 is 14.8. The molecule has 0 aliphatic rings. The molecule has 3 aromatic rings. The van der Waals surface area contributed by atoms with Crippen molar-refractivity contribution < 1.29 is 4.39 Å². The molecule has 1 aromatic carbocycles. The lowest BCUT2D eigenvalue weighted by molar-refractivity contribution is 0.628. The Morgan fingerprint density at radius 3 is 2.74 bits per heavy atom. The second-order valence-corrected chi connectivity index (χ2v) is 4.18. The summed E-state index contributed by atoms with van der Waals surface area (Å²) in [7, 11) is 1.84. The first kappa shape index (κ1) is 11.5. The molecule has 0 amide bonds. The molecule has 0 spiro atoms. The number of anilines is 3. The van der Waals surface area contributed by atoms with Gasteiger partial charge in [-0.25, -0.2) is 14.4 Å². The van der Waals surface area contributed by atoms with Crippen molar-refractivity contribution in [3.05, 3.63) is 48.7 Å². The molecule has 0 saturated heterocycles. The Kier molecular flexibility index (Phi) is 2.56. The monoisotopic (exact) mass is 257 g/mol. The molecule has 2 heterocycles. The molecule has 6 heteroatoms. The fourth-order valence-electron chi connectivity index (χ4n) is 1.95. The third-order valence-corrected chi connectivity index (χ3v) is 2.91. The minimum Gasteiger partial charge on any atom is -0.382 e. The molecule has 0 saturated carbocycles. The minimum atomic E-state index is -0.274. The van der Waals surface area contributed by atoms with Crippen LogP contribution in [0.25, 0.3) is 5.65 Å². The summed E-state index contributed by atoms with van der Waals surface area (Å²) in [5.74, 6) is 0.745. The van der Waals surface area contributed by atoms with Crippen molar-refractivity contribution in [3.8, 4) is 0 Å². The first-order valence-corrected chi connectivity index (χ1v) is 5.73. The van der Waals surface area contributed by atoms with Gasteiger partial charge in [0.2, 0.25) is 0 Å². The number of hydrogen-bond acceptors (Lipinski definition) is 4. The third kappa shape index (κ3) is 1.97. The van der Waals surface area contributed by atoms with Gasteiger partial charge in [-0.15, -0.1) is 0 Å². The average Bonchev–Trinajstić information content (AvgIpc) is 2.85. The van der Waals surface area contributed by atoms with E-state index in [1.54, 1.807) is 35.1 Å². The number of halogens is 1. The van der Waals surface area contributed by atoms with Crippen molar-refractivity contribution in [2.75, 3.05) is 17.7 Å². The van der Waals surface area contributed by atoms with Gasteiger partial charge in [0.05, 0.1) is 6.20 Å². The molecule has 19 heavy (non-hydrogen) atoms. The highest BCUT2D eigenvalue weighted by Crippen LogP contribution is 2.25. The van der Waals surface area contributed by atoms with Gasteiger partial charge in [0.25, 0.3) is 0 Å². The highest BCUT2D eigenvalue weighted by atomic mass is 19.1. The van der Waals surface area contributed by atoms with Gasteiger partial charge in [0, 0.05) is 25.1 Å². The van der Waals surface area contributed by atoms with Crippen LogP contribution in [0.2, 0.25) is 0 Å². The Labute approximate surface area is 109 Å². The van der Waals surface area contributed by atoms with Crippen molar-refractivity contribution in [1.82, 2.24) is 14.4 Å². The molecular formula is C13H12FN5. The van der Waals surface area contributed by atoms with Crippen LogP contribution in [0.3, 0.4) is 0 Å². The van der Waals surface area contributed by atoms with E-state index >= 15 is 0 Å².